The van der Waals surface area contributed by atoms with Crippen molar-refractivity contribution in [2.75, 3.05) is 5.73 Å². The zero-order valence-electron chi connectivity index (χ0n) is 6.35. The highest BCUT2D eigenvalue weighted by molar-refractivity contribution is 5.97. The number of rotatable bonds is 2. The highest BCUT2D eigenvalue weighted by Crippen LogP contribution is 2.22. The van der Waals surface area contributed by atoms with Gasteiger partial charge in [0, 0.05) is 0 Å². The largest absolute Gasteiger partial charge is 0.477 e. The molecule has 6 heteroatoms. The maximum atomic E-state index is 10.5. The fourth-order valence-corrected chi connectivity index (χ4v) is 0.871. The highest BCUT2D eigenvalue weighted by atomic mass is 16.6. The summed E-state index contributed by atoms with van der Waals surface area (Å²) in [5, 5.41) is 18.9. The van der Waals surface area contributed by atoms with Crippen molar-refractivity contribution in [1.29, 1.82) is 0 Å². The maximum Gasteiger partial charge on any atom is 0.344 e. The molecule has 0 atom stereocenters. The number of nitrogens with zero attached hydrogens (tertiary/aromatic N) is 1. The zero-order valence-corrected chi connectivity index (χ0v) is 6.35. The second-order valence-corrected chi connectivity index (χ2v) is 2.22. The monoisotopic (exact) mass is 181 g/mol. The van der Waals surface area contributed by atoms with Crippen LogP contribution < -0.4 is 5.73 Å². The summed E-state index contributed by atoms with van der Waals surface area (Å²) in [6.45, 7) is 0. The van der Waals surface area contributed by atoms with Gasteiger partial charge in [0.15, 0.2) is 5.56 Å². The third-order valence-corrected chi connectivity index (χ3v) is 1.40. The number of carboxylic acid groups (broad SMARTS) is 1. The van der Waals surface area contributed by atoms with Gasteiger partial charge in [0.1, 0.15) is 0 Å². The van der Waals surface area contributed by atoms with E-state index in [-0.39, 0.29) is 5.69 Å². The van der Waals surface area contributed by atoms with Crippen molar-refractivity contribution in [3.8, 4) is 0 Å². The van der Waals surface area contributed by atoms with Crippen LogP contribution in [0.4, 0.5) is 11.4 Å². The Labute approximate surface area is 72.7 Å². The molecule has 1 rings (SSSR count). The van der Waals surface area contributed by atoms with Gasteiger partial charge in [0.05, 0.1) is 16.7 Å². The van der Waals surface area contributed by atoms with Crippen LogP contribution in [0.2, 0.25) is 0 Å². The Kier molecular flexibility index (Phi) is 2.14. The van der Waals surface area contributed by atoms with Gasteiger partial charge in [-0.1, -0.05) is 0 Å². The third kappa shape index (κ3) is 1.56. The summed E-state index contributed by atoms with van der Waals surface area (Å²) in [5.41, 5.74) is 3.98. The number of anilines is 1. The van der Waals surface area contributed by atoms with Crippen molar-refractivity contribution in [1.82, 2.24) is 0 Å². The Hall–Kier alpha value is -2.11. The van der Waals surface area contributed by atoms with E-state index in [1.54, 1.807) is 0 Å². The molecule has 67 valence electrons. The van der Waals surface area contributed by atoms with Crippen molar-refractivity contribution in [3.63, 3.8) is 0 Å². The van der Waals surface area contributed by atoms with Crippen LogP contribution in [0, 0.1) is 16.2 Å². The summed E-state index contributed by atoms with van der Waals surface area (Å²) in [5.74, 6) is -1.43. The first-order valence-electron chi connectivity index (χ1n) is 3.22. The summed E-state index contributed by atoms with van der Waals surface area (Å²) in [6.07, 6.45) is 0. The normalized spacial score (nSPS) is 9.54. The first-order valence-corrected chi connectivity index (χ1v) is 3.22. The molecule has 1 aromatic rings. The predicted molar refractivity (Wildman–Crippen MR) is 43.3 cm³/mol. The van der Waals surface area contributed by atoms with Gasteiger partial charge in [-0.15, -0.1) is 0 Å². The molecule has 0 saturated heterocycles. The molecule has 13 heavy (non-hydrogen) atoms. The summed E-state index contributed by atoms with van der Waals surface area (Å²) in [6, 6.07) is 4.65. The van der Waals surface area contributed by atoms with Crippen LogP contribution in [0.1, 0.15) is 10.4 Å². The average molecular weight is 181 g/mol. The van der Waals surface area contributed by atoms with Crippen LogP contribution >= 0.6 is 0 Å². The number of hydrogen-bond acceptors (Lipinski definition) is 4. The van der Waals surface area contributed by atoms with Crippen molar-refractivity contribution in [2.24, 2.45) is 0 Å². The van der Waals surface area contributed by atoms with Crippen LogP contribution in [0.15, 0.2) is 12.1 Å². The van der Waals surface area contributed by atoms with Gasteiger partial charge in [-0.05, 0) is 12.1 Å². The summed E-state index contributed by atoms with van der Waals surface area (Å²) in [7, 11) is 0. The minimum absolute atomic E-state index is 0.141. The Bertz CT molecular complexity index is 375. The topological polar surface area (TPSA) is 106 Å². The average Bonchev–Trinajstić information content (AvgIpc) is 2.02. The summed E-state index contributed by atoms with van der Waals surface area (Å²) < 4.78 is 0. The zero-order chi connectivity index (χ0) is 10.0. The van der Waals surface area contributed by atoms with E-state index in [9.17, 15) is 14.9 Å². The lowest BCUT2D eigenvalue weighted by Crippen LogP contribution is -2.06. The molecule has 3 N–H and O–H groups in total. The van der Waals surface area contributed by atoms with Crippen molar-refractivity contribution in [3.05, 3.63) is 33.9 Å². The summed E-state index contributed by atoms with van der Waals surface area (Å²) in [4.78, 5) is 20.0. The number of carbonyl (C=O) groups is 1. The number of nitrogen functional groups attached to an aromatic ring is 1. The molecule has 0 saturated carbocycles. The molecule has 0 aliphatic heterocycles. The molecule has 0 fully saturated rings. The molecule has 0 aromatic heterocycles. The number of carboxylic acids is 1. The number of nitro groups is 1. The smallest absolute Gasteiger partial charge is 0.344 e. The van der Waals surface area contributed by atoms with Crippen LogP contribution in [-0.4, -0.2) is 16.0 Å². The first kappa shape index (κ1) is 8.98. The van der Waals surface area contributed by atoms with Gasteiger partial charge in [-0.2, -0.15) is 0 Å². The lowest BCUT2D eigenvalue weighted by atomic mass is 10.1. The lowest BCUT2D eigenvalue weighted by Gasteiger charge is -1.99. The van der Waals surface area contributed by atoms with E-state index < -0.39 is 22.1 Å². The van der Waals surface area contributed by atoms with E-state index >= 15 is 0 Å². The maximum absolute atomic E-state index is 10.5. The van der Waals surface area contributed by atoms with E-state index in [1.165, 1.54) is 12.1 Å². The van der Waals surface area contributed by atoms with Crippen molar-refractivity contribution in [2.45, 2.75) is 0 Å². The van der Waals surface area contributed by atoms with Crippen molar-refractivity contribution >= 4 is 17.3 Å². The molecule has 1 aromatic carbocycles. The molecule has 0 bridgehead atoms. The molecule has 0 aliphatic rings. The van der Waals surface area contributed by atoms with Crippen LogP contribution in [0.3, 0.4) is 0 Å². The molecule has 0 spiro atoms. The van der Waals surface area contributed by atoms with Crippen LogP contribution in [0.5, 0.6) is 0 Å². The number of benzene rings is 1. The minimum atomic E-state index is -1.43. The third-order valence-electron chi connectivity index (χ3n) is 1.40. The second-order valence-electron chi connectivity index (χ2n) is 2.22. The fourth-order valence-electron chi connectivity index (χ4n) is 0.871. The second kappa shape index (κ2) is 3.10. The van der Waals surface area contributed by atoms with Gasteiger partial charge in [0.25, 0.3) is 5.69 Å². The highest BCUT2D eigenvalue weighted by Gasteiger charge is 2.22. The SMILES string of the molecule is Nc1cc[c]c([N+](=O)[O-])c1C(=O)O. The number of aromatic carboxylic acids is 1. The van der Waals surface area contributed by atoms with E-state index in [0.717, 1.165) is 0 Å². The molecule has 0 unspecified atom stereocenters. The Morgan fingerprint density at radius 3 is 2.69 bits per heavy atom. The van der Waals surface area contributed by atoms with Gasteiger partial charge in [-0.3, -0.25) is 10.1 Å². The van der Waals surface area contributed by atoms with Gasteiger partial charge in [0.2, 0.25) is 0 Å². The number of nitro benzene ring substituents is 1. The Morgan fingerprint density at radius 1 is 1.69 bits per heavy atom. The Balaban J connectivity index is 3.43. The Morgan fingerprint density at radius 2 is 2.31 bits per heavy atom. The van der Waals surface area contributed by atoms with Crippen LogP contribution in [0.25, 0.3) is 0 Å². The quantitative estimate of drug-likeness (QED) is 0.396. The van der Waals surface area contributed by atoms with Gasteiger partial charge in [-0.25, -0.2) is 4.79 Å². The molecular weight excluding hydrogens is 176 g/mol. The molecule has 6 nitrogen and oxygen atoms in total. The molecule has 0 heterocycles. The van der Waals surface area contributed by atoms with Gasteiger partial charge >= 0.3 is 5.97 Å². The van der Waals surface area contributed by atoms with E-state index in [4.69, 9.17) is 10.8 Å². The minimum Gasteiger partial charge on any atom is -0.477 e. The van der Waals surface area contributed by atoms with E-state index in [1.807, 2.05) is 0 Å². The number of hydrogen-bond donors (Lipinski definition) is 2. The van der Waals surface area contributed by atoms with E-state index in [0.29, 0.717) is 0 Å². The standard InChI is InChI=1S/C7H5N2O4/c8-4-2-1-3-5(9(12)13)6(4)7(10)11/h1-2H,8H2,(H,10,11). The van der Waals surface area contributed by atoms with Crippen molar-refractivity contribution < 1.29 is 14.8 Å². The molecular formula is C7H5N2O4. The predicted octanol–water partition coefficient (Wildman–Crippen LogP) is 0.675. The molecule has 0 aliphatic carbocycles. The van der Waals surface area contributed by atoms with Gasteiger partial charge < -0.3 is 10.8 Å². The lowest BCUT2D eigenvalue weighted by molar-refractivity contribution is -0.385. The summed E-state index contributed by atoms with van der Waals surface area (Å²) >= 11 is 0. The first-order chi connectivity index (χ1) is 6.04. The molecule has 1 radical (unpaired) electrons. The number of nitrogens with two attached hydrogens (primary N) is 1. The van der Waals surface area contributed by atoms with E-state index in [2.05, 4.69) is 6.07 Å². The molecule has 0 amide bonds. The fraction of sp³-hybridized carbons (Fsp3) is 0. The van der Waals surface area contributed by atoms with Crippen LogP contribution in [-0.2, 0) is 0 Å².